The fraction of sp³-hybridized carbons (Fsp3) is 0.870. The molecule has 5 N–H and O–H groups in total. The number of unbranched alkanes of at least 4 members (excludes halogenated alkanes) is 13. The van der Waals surface area contributed by atoms with Crippen molar-refractivity contribution in [2.24, 2.45) is 16.5 Å². The maximum absolute atomic E-state index is 5.82. The molecule has 0 unspecified atom stereocenters. The Hall–Kier alpha value is -1.03. The van der Waals surface area contributed by atoms with E-state index in [4.69, 9.17) is 11.5 Å². The highest BCUT2D eigenvalue weighted by atomic mass is 15.1. The van der Waals surface area contributed by atoms with Gasteiger partial charge in [-0.05, 0) is 51.5 Å². The van der Waals surface area contributed by atoms with Gasteiger partial charge in [-0.3, -0.25) is 4.99 Å². The van der Waals surface area contributed by atoms with Gasteiger partial charge >= 0.3 is 0 Å². The summed E-state index contributed by atoms with van der Waals surface area (Å²) in [5.41, 5.74) is 11.3. The third-order valence-electron chi connectivity index (χ3n) is 4.89. The molecule has 0 aromatic heterocycles. The van der Waals surface area contributed by atoms with Gasteiger partial charge in [0.15, 0.2) is 5.96 Å². The number of hydrogen-bond donors (Lipinski definition) is 3. The first-order valence-corrected chi connectivity index (χ1v) is 11.7. The lowest BCUT2D eigenvalue weighted by molar-refractivity contribution is 0.599. The van der Waals surface area contributed by atoms with Gasteiger partial charge in [0.1, 0.15) is 0 Å². The Labute approximate surface area is 169 Å². The van der Waals surface area contributed by atoms with E-state index in [9.17, 15) is 0 Å². The maximum Gasteiger partial charge on any atom is 0.188 e. The molecule has 160 valence electrons. The van der Waals surface area contributed by atoms with Gasteiger partial charge in [0.05, 0.1) is 0 Å². The minimum Gasteiger partial charge on any atom is -0.370 e. The Kier molecular flexibility index (Phi) is 22.1. The van der Waals surface area contributed by atoms with E-state index in [-0.39, 0.29) is 0 Å². The predicted molar refractivity (Wildman–Crippen MR) is 122 cm³/mol. The number of hydrogen-bond acceptors (Lipinski definition) is 2. The molecule has 0 aromatic rings. The van der Waals surface area contributed by atoms with Crippen molar-refractivity contribution in [3.63, 3.8) is 0 Å². The largest absolute Gasteiger partial charge is 0.370 e. The molecule has 0 aromatic carbocycles. The molecule has 0 aliphatic heterocycles. The predicted octanol–water partition coefficient (Wildman–Crippen LogP) is 5.67. The lowest BCUT2D eigenvalue weighted by atomic mass is 10.1. The standard InChI is InChI=1S/C23H48N4/c1-2-3-4-5-6-7-8-9-10-11-12-13-14-15-16-18-21-26-23(25)27-22-19-17-20-24/h9-10H,2-8,11-22,24H2,1H3,(H3,25,26,27)/b10-9-. The van der Waals surface area contributed by atoms with Gasteiger partial charge < -0.3 is 16.8 Å². The molecule has 0 heterocycles. The molecule has 0 rings (SSSR count). The molecule has 0 bridgehead atoms. The van der Waals surface area contributed by atoms with Crippen LogP contribution in [-0.2, 0) is 0 Å². The SMILES string of the molecule is CCCCCCCC/C=C\CCCCCCCCN=C(N)NCCCCN. The summed E-state index contributed by atoms with van der Waals surface area (Å²) in [4.78, 5) is 4.37. The second-order valence-corrected chi connectivity index (χ2v) is 7.63. The first-order chi connectivity index (χ1) is 13.3. The van der Waals surface area contributed by atoms with E-state index < -0.39 is 0 Å². The lowest BCUT2D eigenvalue weighted by Gasteiger charge is -2.05. The highest BCUT2D eigenvalue weighted by molar-refractivity contribution is 5.77. The summed E-state index contributed by atoms with van der Waals surface area (Å²) in [6, 6.07) is 0. The average Bonchev–Trinajstić information content (AvgIpc) is 2.67. The van der Waals surface area contributed by atoms with Crippen LogP contribution >= 0.6 is 0 Å². The van der Waals surface area contributed by atoms with E-state index in [1.54, 1.807) is 0 Å². The van der Waals surface area contributed by atoms with E-state index in [1.807, 2.05) is 0 Å². The van der Waals surface area contributed by atoms with Crippen LogP contribution in [0.25, 0.3) is 0 Å². The van der Waals surface area contributed by atoms with E-state index in [0.717, 1.165) is 38.9 Å². The van der Waals surface area contributed by atoms with E-state index in [2.05, 4.69) is 29.4 Å². The second kappa shape index (κ2) is 23.0. The summed E-state index contributed by atoms with van der Waals surface area (Å²) < 4.78 is 0. The van der Waals surface area contributed by atoms with Crippen LogP contribution in [0.1, 0.15) is 110 Å². The summed E-state index contributed by atoms with van der Waals surface area (Å²) >= 11 is 0. The quantitative estimate of drug-likeness (QED) is 0.110. The summed E-state index contributed by atoms with van der Waals surface area (Å²) in [5, 5.41) is 3.14. The first kappa shape index (κ1) is 26.0. The molecule has 0 aliphatic carbocycles. The number of aliphatic imine (C=N–C) groups is 1. The molecule has 27 heavy (non-hydrogen) atoms. The molecule has 0 saturated heterocycles. The van der Waals surface area contributed by atoms with Crippen molar-refractivity contribution in [3.8, 4) is 0 Å². The molecule has 0 spiro atoms. The van der Waals surface area contributed by atoms with Crippen LogP contribution in [0.5, 0.6) is 0 Å². The normalized spacial score (nSPS) is 12.1. The average molecular weight is 381 g/mol. The van der Waals surface area contributed by atoms with E-state index >= 15 is 0 Å². The molecule has 0 amide bonds. The topological polar surface area (TPSA) is 76.4 Å². The van der Waals surface area contributed by atoms with Crippen LogP contribution in [0.3, 0.4) is 0 Å². The molecule has 0 atom stereocenters. The van der Waals surface area contributed by atoms with Crippen molar-refractivity contribution < 1.29 is 0 Å². The minimum absolute atomic E-state index is 0.583. The maximum atomic E-state index is 5.82. The van der Waals surface area contributed by atoms with Crippen LogP contribution < -0.4 is 16.8 Å². The van der Waals surface area contributed by atoms with Crippen molar-refractivity contribution in [3.05, 3.63) is 12.2 Å². The summed E-state index contributed by atoms with van der Waals surface area (Å²) in [6.45, 7) is 4.74. The van der Waals surface area contributed by atoms with Gasteiger partial charge in [0.2, 0.25) is 0 Å². The lowest BCUT2D eigenvalue weighted by Crippen LogP contribution is -2.32. The number of rotatable bonds is 20. The molecule has 0 saturated carbocycles. The molecule has 0 radical (unpaired) electrons. The van der Waals surface area contributed by atoms with Gasteiger partial charge in [-0.25, -0.2) is 0 Å². The number of nitrogens with zero attached hydrogens (tertiary/aromatic N) is 1. The summed E-state index contributed by atoms with van der Waals surface area (Å²) in [6.07, 6.45) is 25.6. The third-order valence-corrected chi connectivity index (χ3v) is 4.89. The first-order valence-electron chi connectivity index (χ1n) is 11.7. The van der Waals surface area contributed by atoms with Crippen molar-refractivity contribution in [1.82, 2.24) is 5.32 Å². The smallest absolute Gasteiger partial charge is 0.188 e. The van der Waals surface area contributed by atoms with Crippen LogP contribution in [0.15, 0.2) is 17.1 Å². The van der Waals surface area contributed by atoms with Crippen molar-refractivity contribution in [2.45, 2.75) is 110 Å². The van der Waals surface area contributed by atoms with Gasteiger partial charge in [-0.1, -0.05) is 76.9 Å². The number of guanidine groups is 1. The Balaban J connectivity index is 3.23. The van der Waals surface area contributed by atoms with Crippen molar-refractivity contribution >= 4 is 5.96 Å². The van der Waals surface area contributed by atoms with E-state index in [0.29, 0.717) is 5.96 Å². The zero-order valence-corrected chi connectivity index (χ0v) is 18.2. The van der Waals surface area contributed by atoms with Gasteiger partial charge in [-0.2, -0.15) is 0 Å². The minimum atomic E-state index is 0.583. The van der Waals surface area contributed by atoms with Crippen LogP contribution in [-0.4, -0.2) is 25.6 Å². The second-order valence-electron chi connectivity index (χ2n) is 7.63. The highest BCUT2D eigenvalue weighted by Gasteiger charge is 1.93. The number of allylic oxidation sites excluding steroid dienone is 2. The molecule has 0 fully saturated rings. The number of nitrogens with two attached hydrogens (primary N) is 2. The molecular formula is C23H48N4. The molecule has 0 aliphatic rings. The highest BCUT2D eigenvalue weighted by Crippen LogP contribution is 2.09. The van der Waals surface area contributed by atoms with Crippen molar-refractivity contribution in [2.75, 3.05) is 19.6 Å². The van der Waals surface area contributed by atoms with Gasteiger partial charge in [0, 0.05) is 13.1 Å². The fourth-order valence-electron chi connectivity index (χ4n) is 3.10. The Morgan fingerprint density at radius 1 is 0.741 bits per heavy atom. The third kappa shape index (κ3) is 22.9. The van der Waals surface area contributed by atoms with Crippen LogP contribution in [0.2, 0.25) is 0 Å². The Morgan fingerprint density at radius 3 is 1.89 bits per heavy atom. The van der Waals surface area contributed by atoms with Gasteiger partial charge in [0.25, 0.3) is 0 Å². The van der Waals surface area contributed by atoms with Gasteiger partial charge in [-0.15, -0.1) is 0 Å². The number of nitrogens with one attached hydrogen (secondary N) is 1. The van der Waals surface area contributed by atoms with Crippen LogP contribution in [0.4, 0.5) is 0 Å². The molecule has 4 nitrogen and oxygen atoms in total. The summed E-state index contributed by atoms with van der Waals surface area (Å²) in [5.74, 6) is 0.583. The monoisotopic (exact) mass is 380 g/mol. The molecule has 4 heteroatoms. The zero-order chi connectivity index (χ0) is 19.8. The zero-order valence-electron chi connectivity index (χ0n) is 18.2. The Morgan fingerprint density at radius 2 is 1.30 bits per heavy atom. The fourth-order valence-corrected chi connectivity index (χ4v) is 3.10. The Bertz CT molecular complexity index is 339. The van der Waals surface area contributed by atoms with Crippen molar-refractivity contribution in [1.29, 1.82) is 0 Å². The van der Waals surface area contributed by atoms with Crippen LogP contribution in [0, 0.1) is 0 Å². The van der Waals surface area contributed by atoms with E-state index in [1.165, 1.54) is 83.5 Å². The molecular weight excluding hydrogens is 332 g/mol. The summed E-state index contributed by atoms with van der Waals surface area (Å²) in [7, 11) is 0.